The third kappa shape index (κ3) is 3.16. The zero-order chi connectivity index (χ0) is 18.8. The summed E-state index contributed by atoms with van der Waals surface area (Å²) >= 11 is 0. The lowest BCUT2D eigenvalue weighted by Gasteiger charge is -2.13. The van der Waals surface area contributed by atoms with Crippen LogP contribution in [-0.4, -0.2) is 34.2 Å². The Morgan fingerprint density at radius 1 is 1.12 bits per heavy atom. The van der Waals surface area contributed by atoms with E-state index in [1.165, 1.54) is 6.07 Å². The van der Waals surface area contributed by atoms with Crippen molar-refractivity contribution in [2.24, 2.45) is 0 Å². The molecule has 8 heteroatoms. The monoisotopic (exact) mass is 354 g/mol. The molecule has 0 fully saturated rings. The van der Waals surface area contributed by atoms with Gasteiger partial charge in [0.25, 0.3) is 17.5 Å². The van der Waals surface area contributed by atoms with Crippen molar-refractivity contribution in [1.29, 1.82) is 0 Å². The number of esters is 1. The predicted molar refractivity (Wildman–Crippen MR) is 89.4 cm³/mol. The van der Waals surface area contributed by atoms with Crippen LogP contribution in [0.15, 0.2) is 42.5 Å². The fourth-order valence-corrected chi connectivity index (χ4v) is 2.64. The van der Waals surface area contributed by atoms with Crippen LogP contribution in [-0.2, 0) is 16.1 Å². The van der Waals surface area contributed by atoms with Crippen molar-refractivity contribution in [2.75, 3.05) is 6.54 Å². The normalized spacial score (nSPS) is 12.9. The third-order valence-electron chi connectivity index (χ3n) is 4.10. The molecule has 1 heterocycles. The second-order valence-electron chi connectivity index (χ2n) is 5.77. The number of hydrogen-bond donors (Lipinski definition) is 0. The van der Waals surface area contributed by atoms with E-state index < -0.39 is 29.3 Å². The number of aryl methyl sites for hydroxylation is 1. The minimum absolute atomic E-state index is 0.0279. The zero-order valence-corrected chi connectivity index (χ0v) is 13.8. The van der Waals surface area contributed by atoms with Crippen molar-refractivity contribution in [2.45, 2.75) is 13.5 Å². The Bertz CT molecular complexity index is 937. The van der Waals surface area contributed by atoms with E-state index in [2.05, 4.69) is 0 Å². The van der Waals surface area contributed by atoms with Gasteiger partial charge in [0.2, 0.25) is 0 Å². The molecule has 2 aromatic rings. The first kappa shape index (κ1) is 17.3. The Balaban J connectivity index is 1.69. The van der Waals surface area contributed by atoms with Crippen LogP contribution >= 0.6 is 0 Å². The number of ether oxygens (including phenoxy) is 1. The summed E-state index contributed by atoms with van der Waals surface area (Å²) in [6, 6.07) is 10.8. The number of hydrogen-bond acceptors (Lipinski definition) is 6. The molecule has 132 valence electrons. The molecule has 2 aromatic carbocycles. The molecule has 0 saturated carbocycles. The van der Waals surface area contributed by atoms with E-state index in [0.717, 1.165) is 28.2 Å². The van der Waals surface area contributed by atoms with Crippen LogP contribution in [0.1, 0.15) is 31.8 Å². The molecule has 3 rings (SSSR count). The number of fused-ring (bicyclic) bond motifs is 1. The van der Waals surface area contributed by atoms with Crippen LogP contribution in [0, 0.1) is 17.0 Å². The van der Waals surface area contributed by atoms with E-state index in [-0.39, 0.29) is 23.4 Å². The van der Waals surface area contributed by atoms with E-state index in [0.29, 0.717) is 0 Å². The highest BCUT2D eigenvalue weighted by Crippen LogP contribution is 2.26. The summed E-state index contributed by atoms with van der Waals surface area (Å²) in [5.41, 5.74) is 1.42. The second kappa shape index (κ2) is 6.75. The first-order valence-electron chi connectivity index (χ1n) is 7.73. The molecule has 0 bridgehead atoms. The topological polar surface area (TPSA) is 107 Å². The number of carbonyl (C=O) groups excluding carboxylic acids is 3. The molecule has 1 aliphatic heterocycles. The standard InChI is InChI=1S/C18H14N2O6/c1-11-4-2-3-5-12(11)10-26-16(21)9-19-17(22)14-7-6-13(20(24)25)8-15(14)18(19)23/h2-8H,9-10H2,1H3. The van der Waals surface area contributed by atoms with Crippen molar-refractivity contribution in [3.8, 4) is 0 Å². The van der Waals surface area contributed by atoms with Gasteiger partial charge in [-0.05, 0) is 24.1 Å². The largest absolute Gasteiger partial charge is 0.459 e. The first-order chi connectivity index (χ1) is 12.4. The number of imide groups is 1. The summed E-state index contributed by atoms with van der Waals surface area (Å²) in [7, 11) is 0. The molecular weight excluding hydrogens is 340 g/mol. The van der Waals surface area contributed by atoms with Crippen LogP contribution in [0.3, 0.4) is 0 Å². The van der Waals surface area contributed by atoms with E-state index in [9.17, 15) is 24.5 Å². The van der Waals surface area contributed by atoms with Crippen molar-refractivity contribution in [1.82, 2.24) is 4.90 Å². The average molecular weight is 354 g/mol. The van der Waals surface area contributed by atoms with Crippen molar-refractivity contribution >= 4 is 23.5 Å². The number of rotatable bonds is 5. The predicted octanol–water partition coefficient (Wildman–Crippen LogP) is 2.24. The molecule has 0 spiro atoms. The Morgan fingerprint density at radius 2 is 1.81 bits per heavy atom. The van der Waals surface area contributed by atoms with Gasteiger partial charge in [0.05, 0.1) is 16.1 Å². The Morgan fingerprint density at radius 3 is 2.50 bits per heavy atom. The van der Waals surface area contributed by atoms with Crippen LogP contribution in [0.2, 0.25) is 0 Å². The number of benzene rings is 2. The van der Waals surface area contributed by atoms with Gasteiger partial charge in [-0.2, -0.15) is 0 Å². The first-order valence-corrected chi connectivity index (χ1v) is 7.73. The fourth-order valence-electron chi connectivity index (χ4n) is 2.64. The summed E-state index contributed by atoms with van der Waals surface area (Å²) in [5, 5.41) is 10.8. The smallest absolute Gasteiger partial charge is 0.326 e. The van der Waals surface area contributed by atoms with Gasteiger partial charge in [0, 0.05) is 12.1 Å². The highest BCUT2D eigenvalue weighted by molar-refractivity contribution is 6.22. The van der Waals surface area contributed by atoms with Crippen molar-refractivity contribution in [3.63, 3.8) is 0 Å². The lowest BCUT2D eigenvalue weighted by Crippen LogP contribution is -2.35. The number of non-ortho nitro benzene ring substituents is 1. The summed E-state index contributed by atoms with van der Waals surface area (Å²) in [5.74, 6) is -2.16. The minimum atomic E-state index is -0.749. The summed E-state index contributed by atoms with van der Waals surface area (Å²) in [6.07, 6.45) is 0. The van der Waals surface area contributed by atoms with Crippen LogP contribution in [0.25, 0.3) is 0 Å². The fraction of sp³-hybridized carbons (Fsp3) is 0.167. The number of nitro groups is 1. The van der Waals surface area contributed by atoms with Gasteiger partial charge < -0.3 is 4.74 Å². The third-order valence-corrected chi connectivity index (χ3v) is 4.10. The van der Waals surface area contributed by atoms with E-state index in [1.807, 2.05) is 31.2 Å². The molecule has 2 amide bonds. The highest BCUT2D eigenvalue weighted by atomic mass is 16.6. The van der Waals surface area contributed by atoms with Gasteiger partial charge in [-0.3, -0.25) is 29.4 Å². The number of carbonyl (C=O) groups is 3. The molecule has 0 radical (unpaired) electrons. The molecule has 0 aliphatic carbocycles. The number of amides is 2. The maximum absolute atomic E-state index is 12.3. The molecule has 0 atom stereocenters. The maximum Gasteiger partial charge on any atom is 0.326 e. The van der Waals surface area contributed by atoms with Gasteiger partial charge in [-0.1, -0.05) is 24.3 Å². The van der Waals surface area contributed by atoms with Crippen molar-refractivity contribution in [3.05, 3.63) is 74.8 Å². The Hall–Kier alpha value is -3.55. The number of nitro benzene ring substituents is 1. The molecule has 26 heavy (non-hydrogen) atoms. The summed E-state index contributed by atoms with van der Waals surface area (Å²) < 4.78 is 5.14. The van der Waals surface area contributed by atoms with Crippen molar-refractivity contribution < 1.29 is 24.0 Å². The molecule has 1 aliphatic rings. The molecule has 8 nitrogen and oxygen atoms in total. The van der Waals surface area contributed by atoms with Gasteiger partial charge in [-0.25, -0.2) is 0 Å². The zero-order valence-electron chi connectivity index (χ0n) is 13.8. The quantitative estimate of drug-likeness (QED) is 0.353. The van der Waals surface area contributed by atoms with Gasteiger partial charge >= 0.3 is 5.97 Å². The SMILES string of the molecule is Cc1ccccc1COC(=O)CN1C(=O)c2ccc([N+](=O)[O-])cc2C1=O. The Labute approximate surface area is 148 Å². The van der Waals surface area contributed by atoms with Crippen LogP contribution in [0.5, 0.6) is 0 Å². The molecule has 0 saturated heterocycles. The van der Waals surface area contributed by atoms with Gasteiger partial charge in [0.15, 0.2) is 0 Å². The van der Waals surface area contributed by atoms with E-state index >= 15 is 0 Å². The lowest BCUT2D eigenvalue weighted by molar-refractivity contribution is -0.384. The second-order valence-corrected chi connectivity index (χ2v) is 5.77. The molecule has 0 unspecified atom stereocenters. The lowest BCUT2D eigenvalue weighted by atomic mass is 10.1. The van der Waals surface area contributed by atoms with E-state index in [1.54, 1.807) is 0 Å². The molecular formula is C18H14N2O6. The minimum Gasteiger partial charge on any atom is -0.459 e. The maximum atomic E-state index is 12.3. The Kier molecular flexibility index (Phi) is 4.49. The van der Waals surface area contributed by atoms with Gasteiger partial charge in [0.1, 0.15) is 13.2 Å². The van der Waals surface area contributed by atoms with E-state index in [4.69, 9.17) is 4.74 Å². The highest BCUT2D eigenvalue weighted by Gasteiger charge is 2.38. The number of nitrogens with zero attached hydrogens (tertiary/aromatic N) is 2. The average Bonchev–Trinajstić information content (AvgIpc) is 2.85. The summed E-state index contributed by atoms with van der Waals surface area (Å²) in [6.45, 7) is 1.35. The van der Waals surface area contributed by atoms with Crippen LogP contribution < -0.4 is 0 Å². The molecule has 0 aromatic heterocycles. The van der Waals surface area contributed by atoms with Gasteiger partial charge in [-0.15, -0.1) is 0 Å². The molecule has 0 N–H and O–H groups in total. The van der Waals surface area contributed by atoms with Crippen LogP contribution in [0.4, 0.5) is 5.69 Å². The summed E-state index contributed by atoms with van der Waals surface area (Å²) in [4.78, 5) is 47.5.